The van der Waals surface area contributed by atoms with Crippen molar-refractivity contribution in [2.24, 2.45) is 0 Å². The number of sulfonamides is 1. The molecule has 0 heterocycles. The zero-order valence-corrected chi connectivity index (χ0v) is 15.1. The van der Waals surface area contributed by atoms with Gasteiger partial charge in [-0.2, -0.15) is 5.26 Å². The zero-order valence-electron chi connectivity index (χ0n) is 13.6. The van der Waals surface area contributed by atoms with E-state index in [2.05, 4.69) is 0 Å². The highest BCUT2D eigenvalue weighted by Gasteiger charge is 2.13. The Balaban J connectivity index is 2.05. The summed E-state index contributed by atoms with van der Waals surface area (Å²) in [5.74, 6) is 0.0245. The van der Waals surface area contributed by atoms with Crippen LogP contribution >= 0.6 is 11.6 Å². The summed E-state index contributed by atoms with van der Waals surface area (Å²) < 4.78 is 29.5. The van der Waals surface area contributed by atoms with Crippen LogP contribution in [0.2, 0.25) is 5.02 Å². The van der Waals surface area contributed by atoms with Gasteiger partial charge in [0.2, 0.25) is 10.0 Å². The molecule has 0 bridgehead atoms. The molecule has 25 heavy (non-hydrogen) atoms. The van der Waals surface area contributed by atoms with Crippen LogP contribution in [0, 0.1) is 11.3 Å². The fraction of sp³-hybridized carbons (Fsp3) is 0.176. The van der Waals surface area contributed by atoms with Crippen LogP contribution in [0.25, 0.3) is 0 Å². The molecule has 2 aromatic rings. The molecule has 2 aromatic carbocycles. The molecule has 6 nitrogen and oxygen atoms in total. The molecule has 0 saturated carbocycles. The van der Waals surface area contributed by atoms with Gasteiger partial charge in [-0.3, -0.25) is 9.10 Å². The Morgan fingerprint density at radius 3 is 2.40 bits per heavy atom. The second-order valence-electron chi connectivity index (χ2n) is 5.25. The molecule has 0 atom stereocenters. The van der Waals surface area contributed by atoms with E-state index in [1.54, 1.807) is 18.2 Å². The lowest BCUT2D eigenvalue weighted by Crippen LogP contribution is -2.24. The summed E-state index contributed by atoms with van der Waals surface area (Å²) in [5.41, 5.74) is 1.24. The first kappa shape index (κ1) is 18.8. The maximum absolute atomic E-state index is 12.2. The summed E-state index contributed by atoms with van der Waals surface area (Å²) >= 11 is 5.99. The number of ether oxygens (including phenoxy) is 1. The molecule has 0 aliphatic rings. The highest BCUT2D eigenvalue weighted by molar-refractivity contribution is 7.92. The van der Waals surface area contributed by atoms with Crippen molar-refractivity contribution in [1.82, 2.24) is 0 Å². The second-order valence-corrected chi connectivity index (χ2v) is 7.67. The number of ketones is 1. The van der Waals surface area contributed by atoms with Crippen LogP contribution in [0.15, 0.2) is 42.5 Å². The molecule has 130 valence electrons. The van der Waals surface area contributed by atoms with Crippen LogP contribution in [0.3, 0.4) is 0 Å². The number of carbonyl (C=O) groups is 1. The Bertz CT molecular complexity index is 934. The van der Waals surface area contributed by atoms with Crippen LogP contribution in [0.5, 0.6) is 5.75 Å². The number of hydrogen-bond acceptors (Lipinski definition) is 5. The second kappa shape index (κ2) is 7.55. The van der Waals surface area contributed by atoms with E-state index in [4.69, 9.17) is 21.6 Å². The quantitative estimate of drug-likeness (QED) is 0.721. The first-order valence-corrected chi connectivity index (χ1v) is 9.34. The number of carbonyl (C=O) groups excluding carboxylic acids is 1. The number of hydrogen-bond donors (Lipinski definition) is 0. The number of nitrogens with zero attached hydrogens (tertiary/aromatic N) is 2. The smallest absolute Gasteiger partial charge is 0.231 e. The Kier molecular flexibility index (Phi) is 5.67. The van der Waals surface area contributed by atoms with Gasteiger partial charge < -0.3 is 4.74 Å². The van der Waals surface area contributed by atoms with Gasteiger partial charge in [-0.25, -0.2) is 8.42 Å². The third-order valence-corrected chi connectivity index (χ3v) is 4.97. The minimum absolute atomic E-state index is 0.229. The first-order valence-electron chi connectivity index (χ1n) is 7.12. The van der Waals surface area contributed by atoms with E-state index in [1.165, 1.54) is 31.3 Å². The van der Waals surface area contributed by atoms with E-state index >= 15 is 0 Å². The van der Waals surface area contributed by atoms with Crippen molar-refractivity contribution in [3.8, 4) is 11.8 Å². The molecule has 0 N–H and O–H groups in total. The number of benzene rings is 2. The van der Waals surface area contributed by atoms with E-state index in [-0.39, 0.29) is 17.4 Å². The third-order valence-electron chi connectivity index (χ3n) is 3.47. The van der Waals surface area contributed by atoms with Gasteiger partial charge >= 0.3 is 0 Å². The Labute approximate surface area is 151 Å². The number of anilines is 1. The van der Waals surface area contributed by atoms with E-state index in [9.17, 15) is 13.2 Å². The summed E-state index contributed by atoms with van der Waals surface area (Å²) in [7, 11) is -1.93. The highest BCUT2D eigenvalue weighted by atomic mass is 35.5. The Morgan fingerprint density at radius 1 is 1.24 bits per heavy atom. The monoisotopic (exact) mass is 378 g/mol. The molecule has 0 aliphatic heterocycles. The minimum atomic E-state index is -3.36. The molecule has 0 unspecified atom stereocenters. The van der Waals surface area contributed by atoms with Crippen molar-refractivity contribution in [2.75, 3.05) is 24.2 Å². The lowest BCUT2D eigenvalue weighted by Gasteiger charge is -2.16. The van der Waals surface area contributed by atoms with Gasteiger partial charge in [-0.15, -0.1) is 0 Å². The van der Waals surface area contributed by atoms with Crippen molar-refractivity contribution >= 4 is 33.1 Å². The molecular formula is C17H15ClN2O4S. The molecule has 0 fully saturated rings. The van der Waals surface area contributed by atoms with E-state index in [0.29, 0.717) is 22.6 Å². The van der Waals surface area contributed by atoms with Crippen molar-refractivity contribution in [2.45, 2.75) is 0 Å². The van der Waals surface area contributed by atoms with Crippen LogP contribution in [-0.4, -0.2) is 34.1 Å². The largest absolute Gasteiger partial charge is 0.484 e. The van der Waals surface area contributed by atoms with E-state index in [0.717, 1.165) is 10.6 Å². The standard InChI is InChI=1S/C17H15ClN2O4S/c1-20(25(2,22)23)14-6-4-13(5-7-14)16(21)11-24-17-8-3-12(10-19)9-15(17)18/h3-9H,11H2,1-2H3. The number of Topliss-reactive ketones (excluding diaryl/α,β-unsaturated/α-hetero) is 1. The van der Waals surface area contributed by atoms with Crippen LogP contribution in [0.1, 0.15) is 15.9 Å². The van der Waals surface area contributed by atoms with Gasteiger partial charge in [0.05, 0.1) is 28.6 Å². The van der Waals surface area contributed by atoms with Crippen LogP contribution in [-0.2, 0) is 10.0 Å². The summed E-state index contributed by atoms with van der Waals surface area (Å²) in [6.45, 7) is -0.229. The number of nitriles is 1. The van der Waals surface area contributed by atoms with Gasteiger partial charge in [-0.1, -0.05) is 11.6 Å². The van der Waals surface area contributed by atoms with E-state index in [1.807, 2.05) is 6.07 Å². The molecule has 0 saturated heterocycles. The van der Waals surface area contributed by atoms with Gasteiger partial charge in [0.1, 0.15) is 5.75 Å². The Morgan fingerprint density at radius 2 is 1.88 bits per heavy atom. The molecule has 0 radical (unpaired) electrons. The lowest BCUT2D eigenvalue weighted by atomic mass is 10.1. The molecule has 8 heteroatoms. The van der Waals surface area contributed by atoms with Gasteiger partial charge in [0.15, 0.2) is 12.4 Å². The fourth-order valence-electron chi connectivity index (χ4n) is 1.96. The fourth-order valence-corrected chi connectivity index (χ4v) is 2.70. The zero-order chi connectivity index (χ0) is 18.6. The molecule has 0 amide bonds. The molecular weight excluding hydrogens is 364 g/mol. The predicted octanol–water partition coefficient (Wildman–Crippen LogP) is 2.87. The lowest BCUT2D eigenvalue weighted by molar-refractivity contribution is 0.0921. The van der Waals surface area contributed by atoms with Crippen LogP contribution in [0.4, 0.5) is 5.69 Å². The molecule has 2 rings (SSSR count). The third kappa shape index (κ3) is 4.72. The summed E-state index contributed by atoms with van der Waals surface area (Å²) in [4.78, 5) is 12.2. The summed E-state index contributed by atoms with van der Waals surface area (Å²) in [6.07, 6.45) is 1.10. The summed E-state index contributed by atoms with van der Waals surface area (Å²) in [5, 5.41) is 9.03. The molecule has 0 aliphatic carbocycles. The van der Waals surface area contributed by atoms with Gasteiger partial charge in [-0.05, 0) is 42.5 Å². The predicted molar refractivity (Wildman–Crippen MR) is 95.7 cm³/mol. The first-order chi connectivity index (χ1) is 11.7. The van der Waals surface area contributed by atoms with Crippen LogP contribution < -0.4 is 9.04 Å². The SMILES string of the molecule is CN(c1ccc(C(=O)COc2ccc(C#N)cc2Cl)cc1)S(C)(=O)=O. The van der Waals surface area contributed by atoms with Crippen molar-refractivity contribution in [3.63, 3.8) is 0 Å². The summed E-state index contributed by atoms with van der Waals surface area (Å²) in [6, 6.07) is 12.6. The van der Waals surface area contributed by atoms with E-state index < -0.39 is 10.0 Å². The van der Waals surface area contributed by atoms with Gasteiger partial charge in [0.25, 0.3) is 0 Å². The van der Waals surface area contributed by atoms with Crippen molar-refractivity contribution < 1.29 is 17.9 Å². The normalized spacial score (nSPS) is 10.8. The minimum Gasteiger partial charge on any atom is -0.484 e. The topological polar surface area (TPSA) is 87.5 Å². The molecule has 0 spiro atoms. The maximum Gasteiger partial charge on any atom is 0.231 e. The van der Waals surface area contributed by atoms with Gasteiger partial charge in [0, 0.05) is 12.6 Å². The Hall–Kier alpha value is -2.56. The van der Waals surface area contributed by atoms with Crippen molar-refractivity contribution in [3.05, 3.63) is 58.6 Å². The number of halogens is 1. The number of rotatable bonds is 6. The highest BCUT2D eigenvalue weighted by Crippen LogP contribution is 2.25. The average Bonchev–Trinajstić information content (AvgIpc) is 2.59. The maximum atomic E-state index is 12.2. The molecule has 0 aromatic heterocycles. The average molecular weight is 379 g/mol. The van der Waals surface area contributed by atoms with Crippen molar-refractivity contribution in [1.29, 1.82) is 5.26 Å².